The highest BCUT2D eigenvalue weighted by Crippen LogP contribution is 2.36. The van der Waals surface area contributed by atoms with Gasteiger partial charge in [-0.05, 0) is 89.0 Å². The number of carbonyl (C=O) groups is 2. The number of piperazine rings is 1. The van der Waals surface area contributed by atoms with Crippen LogP contribution in [0.25, 0.3) is 0 Å². The summed E-state index contributed by atoms with van der Waals surface area (Å²) in [5, 5.41) is 0. The number of likely N-dealkylation sites (tertiary alicyclic amines) is 1. The van der Waals surface area contributed by atoms with Crippen molar-refractivity contribution in [1.29, 1.82) is 0 Å². The number of fused-ring (bicyclic) bond motifs is 6. The van der Waals surface area contributed by atoms with Gasteiger partial charge in [0.2, 0.25) is 0 Å². The Labute approximate surface area is 185 Å². The largest absolute Gasteiger partial charge is 0.444 e. The molecular weight excluding hydrogens is 390 g/mol. The first kappa shape index (κ1) is 20.7. The number of rotatable bonds is 2. The zero-order valence-corrected chi connectivity index (χ0v) is 19.0. The molecule has 5 aliphatic rings. The van der Waals surface area contributed by atoms with E-state index in [1.165, 1.54) is 25.7 Å². The molecule has 0 aromatic heterocycles. The Morgan fingerprint density at radius 3 is 2.00 bits per heavy atom. The molecule has 1 aromatic carbocycles. The quantitative estimate of drug-likeness (QED) is 0.714. The van der Waals surface area contributed by atoms with E-state index >= 15 is 0 Å². The van der Waals surface area contributed by atoms with Crippen molar-refractivity contribution < 1.29 is 14.3 Å². The Bertz CT molecular complexity index is 825. The molecule has 6 heteroatoms. The number of nitrogens with zero attached hydrogens (tertiary/aromatic N) is 3. The van der Waals surface area contributed by atoms with Gasteiger partial charge in [0.25, 0.3) is 5.91 Å². The number of benzene rings is 1. The topological polar surface area (TPSA) is 53.1 Å². The molecule has 5 fully saturated rings. The SMILES string of the molecule is CC(C)(C)OC(=O)N1CC2CC1CN2c1ccc(C(=O)N2CC3CCC(CC3)C2)cc1. The van der Waals surface area contributed by atoms with Gasteiger partial charge in [-0.3, -0.25) is 4.79 Å². The van der Waals surface area contributed by atoms with Gasteiger partial charge in [0.05, 0.1) is 6.04 Å². The van der Waals surface area contributed by atoms with Crippen LogP contribution in [0.15, 0.2) is 24.3 Å². The maximum Gasteiger partial charge on any atom is 0.410 e. The van der Waals surface area contributed by atoms with Crippen molar-refractivity contribution in [3.8, 4) is 0 Å². The number of hydrogen-bond donors (Lipinski definition) is 0. The summed E-state index contributed by atoms with van der Waals surface area (Å²) in [5.41, 5.74) is 1.47. The van der Waals surface area contributed by atoms with Crippen molar-refractivity contribution in [2.75, 3.05) is 31.1 Å². The van der Waals surface area contributed by atoms with Crippen LogP contribution in [0.2, 0.25) is 0 Å². The molecule has 2 atom stereocenters. The van der Waals surface area contributed by atoms with E-state index in [1.807, 2.05) is 37.8 Å². The highest BCUT2D eigenvalue weighted by atomic mass is 16.6. The van der Waals surface area contributed by atoms with Crippen LogP contribution in [0, 0.1) is 11.8 Å². The van der Waals surface area contributed by atoms with Gasteiger partial charge in [0, 0.05) is 43.5 Å². The van der Waals surface area contributed by atoms with E-state index in [0.29, 0.717) is 24.4 Å². The minimum absolute atomic E-state index is 0.185. The summed E-state index contributed by atoms with van der Waals surface area (Å²) in [7, 11) is 0. The van der Waals surface area contributed by atoms with Crippen LogP contribution in [0.1, 0.15) is 63.2 Å². The molecule has 6 rings (SSSR count). The lowest BCUT2D eigenvalue weighted by atomic mass is 9.84. The Balaban J connectivity index is 1.22. The number of hydrogen-bond acceptors (Lipinski definition) is 4. The van der Waals surface area contributed by atoms with Crippen molar-refractivity contribution >= 4 is 17.7 Å². The first-order valence-corrected chi connectivity index (χ1v) is 11.9. The van der Waals surface area contributed by atoms with Crippen LogP contribution in [-0.2, 0) is 4.74 Å². The summed E-state index contributed by atoms with van der Waals surface area (Å²) in [6, 6.07) is 8.66. The molecule has 6 nitrogen and oxygen atoms in total. The predicted molar refractivity (Wildman–Crippen MR) is 120 cm³/mol. The van der Waals surface area contributed by atoms with Gasteiger partial charge in [-0.25, -0.2) is 4.79 Å². The fourth-order valence-corrected chi connectivity index (χ4v) is 5.97. The summed E-state index contributed by atoms with van der Waals surface area (Å²) in [5.74, 6) is 1.56. The molecule has 2 unspecified atom stereocenters. The fraction of sp³-hybridized carbons (Fsp3) is 0.680. The molecular formula is C25H35N3O3. The van der Waals surface area contributed by atoms with Crippen LogP contribution in [-0.4, -0.2) is 65.7 Å². The van der Waals surface area contributed by atoms with Crippen molar-refractivity contribution in [3.05, 3.63) is 29.8 Å². The second-order valence-corrected chi connectivity index (χ2v) is 11.0. The molecule has 0 N–H and O–H groups in total. The molecule has 4 saturated heterocycles. The summed E-state index contributed by atoms with van der Waals surface area (Å²) >= 11 is 0. The van der Waals surface area contributed by atoms with Gasteiger partial charge in [0.15, 0.2) is 0 Å². The van der Waals surface area contributed by atoms with Gasteiger partial charge < -0.3 is 19.4 Å². The first-order valence-electron chi connectivity index (χ1n) is 11.9. The van der Waals surface area contributed by atoms with Gasteiger partial charge in [0.1, 0.15) is 5.60 Å². The molecule has 1 aliphatic carbocycles. The molecule has 0 radical (unpaired) electrons. The van der Waals surface area contributed by atoms with Gasteiger partial charge >= 0.3 is 6.09 Å². The van der Waals surface area contributed by atoms with Gasteiger partial charge in [-0.15, -0.1) is 0 Å². The second kappa shape index (κ2) is 7.72. The van der Waals surface area contributed by atoms with Crippen molar-refractivity contribution in [2.24, 2.45) is 11.8 Å². The number of carbonyl (C=O) groups excluding carboxylic acids is 2. The summed E-state index contributed by atoms with van der Waals surface area (Å²) in [4.78, 5) is 32.0. The Morgan fingerprint density at radius 1 is 0.871 bits per heavy atom. The highest BCUT2D eigenvalue weighted by Gasteiger charge is 2.46. The Hall–Kier alpha value is -2.24. The second-order valence-electron chi connectivity index (χ2n) is 11.0. The molecule has 4 heterocycles. The molecule has 4 bridgehead atoms. The van der Waals surface area contributed by atoms with E-state index < -0.39 is 5.60 Å². The lowest BCUT2D eigenvalue weighted by Gasteiger charge is -2.36. The van der Waals surface area contributed by atoms with E-state index in [1.54, 1.807) is 0 Å². The Kier molecular flexibility index (Phi) is 5.14. The van der Waals surface area contributed by atoms with Crippen LogP contribution in [0.4, 0.5) is 10.5 Å². The third-order valence-electron chi connectivity index (χ3n) is 7.53. The number of amides is 2. The van der Waals surface area contributed by atoms with Gasteiger partial charge in [-0.2, -0.15) is 0 Å². The van der Waals surface area contributed by atoms with E-state index in [-0.39, 0.29) is 18.0 Å². The van der Waals surface area contributed by atoms with Crippen LogP contribution in [0.3, 0.4) is 0 Å². The smallest absolute Gasteiger partial charge is 0.410 e. The molecule has 168 valence electrons. The van der Waals surface area contributed by atoms with E-state index in [0.717, 1.165) is 37.3 Å². The number of ether oxygens (including phenoxy) is 1. The standard InChI is InChI=1S/C25H35N3O3/c1-25(2,3)31-24(30)28-16-21-12-22(28)15-27(21)20-10-8-19(9-11-20)23(29)26-13-17-4-5-18(14-26)7-6-17/h8-11,17-18,21-22H,4-7,12-16H2,1-3H3. The summed E-state index contributed by atoms with van der Waals surface area (Å²) in [6.45, 7) is 9.10. The predicted octanol–water partition coefficient (Wildman–Crippen LogP) is 4.15. The van der Waals surface area contributed by atoms with Crippen molar-refractivity contribution in [3.63, 3.8) is 0 Å². The van der Waals surface area contributed by atoms with E-state index in [9.17, 15) is 9.59 Å². The van der Waals surface area contributed by atoms with Crippen molar-refractivity contribution in [1.82, 2.24) is 9.80 Å². The fourth-order valence-electron chi connectivity index (χ4n) is 5.97. The molecule has 2 amide bonds. The lowest BCUT2D eigenvalue weighted by Crippen LogP contribution is -2.50. The molecule has 0 spiro atoms. The highest BCUT2D eigenvalue weighted by molar-refractivity contribution is 5.94. The molecule has 1 aromatic rings. The minimum Gasteiger partial charge on any atom is -0.444 e. The summed E-state index contributed by atoms with van der Waals surface area (Å²) < 4.78 is 5.57. The average Bonchev–Trinajstić information content (AvgIpc) is 3.21. The number of anilines is 1. The zero-order chi connectivity index (χ0) is 21.8. The minimum atomic E-state index is -0.464. The molecule has 4 aliphatic heterocycles. The first-order chi connectivity index (χ1) is 14.8. The lowest BCUT2D eigenvalue weighted by molar-refractivity contribution is 0.0214. The third-order valence-corrected chi connectivity index (χ3v) is 7.53. The zero-order valence-electron chi connectivity index (χ0n) is 19.0. The molecule has 31 heavy (non-hydrogen) atoms. The summed E-state index contributed by atoms with van der Waals surface area (Å²) in [6.07, 6.45) is 5.91. The Morgan fingerprint density at radius 2 is 1.48 bits per heavy atom. The monoisotopic (exact) mass is 425 g/mol. The maximum atomic E-state index is 13.1. The normalized spacial score (nSPS) is 30.0. The van der Waals surface area contributed by atoms with Crippen LogP contribution >= 0.6 is 0 Å². The average molecular weight is 426 g/mol. The maximum absolute atomic E-state index is 13.1. The van der Waals surface area contributed by atoms with Crippen LogP contribution in [0.5, 0.6) is 0 Å². The van der Waals surface area contributed by atoms with Crippen LogP contribution < -0.4 is 4.90 Å². The van der Waals surface area contributed by atoms with E-state index in [4.69, 9.17) is 4.74 Å². The van der Waals surface area contributed by atoms with E-state index in [2.05, 4.69) is 21.9 Å². The third kappa shape index (κ3) is 4.13. The van der Waals surface area contributed by atoms with Crippen molar-refractivity contribution in [2.45, 2.75) is 70.6 Å². The van der Waals surface area contributed by atoms with Gasteiger partial charge in [-0.1, -0.05) is 0 Å². The molecule has 1 saturated carbocycles.